The number of hydrogen-bond donors (Lipinski definition) is 3. The Bertz CT molecular complexity index is 864. The standard InChI is InChI=1S/C14H15NO6S2/c15-13-9-8-12(7-6-11-4-2-1-3-5-11)14(10-13,22(16,17)18)23(19,20)21/h1-9H,10,15H2,(H,16,17,18)(H,19,20,21). The zero-order valence-electron chi connectivity index (χ0n) is 11.8. The third kappa shape index (κ3) is 3.22. The molecule has 0 saturated carbocycles. The fraction of sp³-hybridized carbons (Fsp3) is 0.143. The highest BCUT2D eigenvalue weighted by atomic mass is 32.3. The SMILES string of the molecule is NC1=CC=C(C=Cc2ccccc2)C(S(=O)(=O)O)(S(=O)(=O)O)C1. The van der Waals surface area contributed by atoms with E-state index in [9.17, 15) is 25.9 Å². The largest absolute Gasteiger partial charge is 0.402 e. The van der Waals surface area contributed by atoms with E-state index in [-0.39, 0.29) is 11.3 Å². The van der Waals surface area contributed by atoms with Crippen LogP contribution in [0, 0.1) is 0 Å². The maximum atomic E-state index is 11.8. The number of hydrogen-bond acceptors (Lipinski definition) is 5. The molecule has 1 aliphatic carbocycles. The van der Waals surface area contributed by atoms with Crippen LogP contribution in [0.1, 0.15) is 12.0 Å². The van der Waals surface area contributed by atoms with E-state index >= 15 is 0 Å². The Kier molecular flexibility index (Phi) is 4.49. The van der Waals surface area contributed by atoms with Crippen LogP contribution >= 0.6 is 0 Å². The minimum Gasteiger partial charge on any atom is -0.402 e. The van der Waals surface area contributed by atoms with Crippen molar-refractivity contribution in [1.29, 1.82) is 0 Å². The van der Waals surface area contributed by atoms with Gasteiger partial charge >= 0.3 is 0 Å². The second-order valence-corrected chi connectivity index (χ2v) is 8.54. The number of allylic oxidation sites excluding steroid dienone is 4. The van der Waals surface area contributed by atoms with E-state index in [1.165, 1.54) is 18.2 Å². The molecule has 0 saturated heterocycles. The van der Waals surface area contributed by atoms with E-state index in [2.05, 4.69) is 0 Å². The molecule has 23 heavy (non-hydrogen) atoms. The van der Waals surface area contributed by atoms with Crippen molar-refractivity contribution in [3.8, 4) is 0 Å². The molecule has 9 heteroatoms. The summed E-state index contributed by atoms with van der Waals surface area (Å²) in [6.45, 7) is 0. The summed E-state index contributed by atoms with van der Waals surface area (Å²) in [7, 11) is -10.4. The summed E-state index contributed by atoms with van der Waals surface area (Å²) in [4.78, 5) is 0. The summed E-state index contributed by atoms with van der Waals surface area (Å²) in [5, 5.41) is 0. The molecule has 2 rings (SSSR count). The molecule has 0 bridgehead atoms. The average molecular weight is 357 g/mol. The molecular weight excluding hydrogens is 342 g/mol. The molecule has 0 atom stereocenters. The lowest BCUT2D eigenvalue weighted by Crippen LogP contribution is -2.49. The number of rotatable bonds is 4. The summed E-state index contributed by atoms with van der Waals surface area (Å²) in [5.74, 6) is 0. The lowest BCUT2D eigenvalue weighted by Gasteiger charge is -2.30. The second kappa shape index (κ2) is 5.93. The van der Waals surface area contributed by atoms with Gasteiger partial charge in [0.2, 0.25) is 0 Å². The van der Waals surface area contributed by atoms with Gasteiger partial charge in [-0.2, -0.15) is 16.8 Å². The van der Waals surface area contributed by atoms with Crippen LogP contribution in [0.25, 0.3) is 6.08 Å². The Hall–Kier alpha value is -1.94. The van der Waals surface area contributed by atoms with Crippen LogP contribution in [-0.4, -0.2) is 30.0 Å². The van der Waals surface area contributed by atoms with E-state index in [1.54, 1.807) is 30.3 Å². The fourth-order valence-electron chi connectivity index (χ4n) is 2.30. The average Bonchev–Trinajstić information content (AvgIpc) is 2.44. The molecule has 7 nitrogen and oxygen atoms in total. The monoisotopic (exact) mass is 357 g/mol. The van der Waals surface area contributed by atoms with Crippen LogP contribution in [0.3, 0.4) is 0 Å². The van der Waals surface area contributed by atoms with Crippen LogP contribution < -0.4 is 5.73 Å². The summed E-state index contributed by atoms with van der Waals surface area (Å²) >= 11 is 0. The van der Waals surface area contributed by atoms with Crippen molar-refractivity contribution in [2.45, 2.75) is 10.5 Å². The Labute approximate surface area is 134 Å². The number of nitrogens with two attached hydrogens (primary N) is 1. The fourth-order valence-corrected chi connectivity index (χ4v) is 4.93. The molecule has 0 heterocycles. The highest BCUT2D eigenvalue weighted by molar-refractivity contribution is 8.05. The summed E-state index contributed by atoms with van der Waals surface area (Å²) in [6.07, 6.45) is 4.36. The molecule has 0 fully saturated rings. The van der Waals surface area contributed by atoms with Crippen molar-refractivity contribution in [2.75, 3.05) is 0 Å². The van der Waals surface area contributed by atoms with Gasteiger partial charge in [-0.1, -0.05) is 48.6 Å². The van der Waals surface area contributed by atoms with Crippen molar-refractivity contribution in [2.24, 2.45) is 5.73 Å². The van der Waals surface area contributed by atoms with Gasteiger partial charge in [-0.25, -0.2) is 0 Å². The molecule has 1 aromatic carbocycles. The molecule has 1 aliphatic rings. The zero-order chi connectivity index (χ0) is 17.3. The first-order valence-corrected chi connectivity index (χ1v) is 9.30. The maximum absolute atomic E-state index is 11.8. The van der Waals surface area contributed by atoms with Crippen LogP contribution in [0.5, 0.6) is 0 Å². The summed E-state index contributed by atoms with van der Waals surface area (Å²) < 4.78 is 63.2. The predicted octanol–water partition coefficient (Wildman–Crippen LogP) is 1.34. The van der Waals surface area contributed by atoms with Crippen LogP contribution in [-0.2, 0) is 20.2 Å². The molecule has 0 spiro atoms. The number of benzene rings is 1. The normalized spacial score (nSPS) is 18.5. The maximum Gasteiger partial charge on any atom is 0.292 e. The predicted molar refractivity (Wildman–Crippen MR) is 86.3 cm³/mol. The molecule has 0 aromatic heterocycles. The summed E-state index contributed by atoms with van der Waals surface area (Å²) in [5.41, 5.74) is 5.79. The van der Waals surface area contributed by atoms with Crippen LogP contribution in [0.4, 0.5) is 0 Å². The van der Waals surface area contributed by atoms with E-state index in [1.807, 2.05) is 0 Å². The van der Waals surface area contributed by atoms with Crippen molar-refractivity contribution in [1.82, 2.24) is 0 Å². The van der Waals surface area contributed by atoms with Gasteiger partial charge in [0.25, 0.3) is 24.3 Å². The first-order valence-electron chi connectivity index (χ1n) is 6.42. The third-order valence-corrected chi connectivity index (χ3v) is 7.13. The van der Waals surface area contributed by atoms with E-state index in [4.69, 9.17) is 5.73 Å². The van der Waals surface area contributed by atoms with E-state index in [0.717, 1.165) is 6.08 Å². The lowest BCUT2D eigenvalue weighted by atomic mass is 10.00. The van der Waals surface area contributed by atoms with Crippen molar-refractivity contribution in [3.63, 3.8) is 0 Å². The first-order chi connectivity index (χ1) is 10.6. The molecule has 0 unspecified atom stereocenters. The topological polar surface area (TPSA) is 135 Å². The molecule has 1 aromatic rings. The highest BCUT2D eigenvalue weighted by Gasteiger charge is 2.57. The van der Waals surface area contributed by atoms with Gasteiger partial charge in [-0.05, 0) is 17.2 Å². The van der Waals surface area contributed by atoms with Crippen LogP contribution in [0.15, 0.2) is 59.8 Å². The van der Waals surface area contributed by atoms with E-state index in [0.29, 0.717) is 5.56 Å². The van der Waals surface area contributed by atoms with Gasteiger partial charge in [0.1, 0.15) is 0 Å². The zero-order valence-corrected chi connectivity index (χ0v) is 13.5. The smallest absolute Gasteiger partial charge is 0.292 e. The van der Waals surface area contributed by atoms with Gasteiger partial charge in [0, 0.05) is 12.1 Å². The Morgan fingerprint density at radius 3 is 2.04 bits per heavy atom. The van der Waals surface area contributed by atoms with Crippen LogP contribution in [0.2, 0.25) is 0 Å². The minimum absolute atomic E-state index is 0.0999. The molecule has 0 aliphatic heterocycles. The van der Waals surface area contributed by atoms with Gasteiger partial charge in [0.05, 0.1) is 0 Å². The quantitative estimate of drug-likeness (QED) is 0.692. The Morgan fingerprint density at radius 1 is 0.957 bits per heavy atom. The van der Waals surface area contributed by atoms with Gasteiger partial charge < -0.3 is 5.73 Å². The molecule has 4 N–H and O–H groups in total. The van der Waals surface area contributed by atoms with E-state index < -0.39 is 30.7 Å². The Morgan fingerprint density at radius 2 is 1.52 bits per heavy atom. The molecule has 124 valence electrons. The lowest BCUT2D eigenvalue weighted by molar-refractivity contribution is 0.432. The van der Waals surface area contributed by atoms with Crippen molar-refractivity contribution < 1.29 is 25.9 Å². The van der Waals surface area contributed by atoms with Crippen molar-refractivity contribution in [3.05, 3.63) is 65.4 Å². The van der Waals surface area contributed by atoms with Gasteiger partial charge in [-0.15, -0.1) is 0 Å². The Balaban J connectivity index is 2.64. The molecule has 0 radical (unpaired) electrons. The van der Waals surface area contributed by atoms with Gasteiger partial charge in [-0.3, -0.25) is 9.11 Å². The second-order valence-electron chi connectivity index (χ2n) is 4.99. The third-order valence-electron chi connectivity index (χ3n) is 3.44. The highest BCUT2D eigenvalue weighted by Crippen LogP contribution is 2.40. The molecular formula is C14H15NO6S2. The summed E-state index contributed by atoms with van der Waals surface area (Å²) in [6, 6.07) is 8.69. The first kappa shape index (κ1) is 17.4. The molecule has 0 amide bonds. The van der Waals surface area contributed by atoms with Gasteiger partial charge in [0.15, 0.2) is 0 Å². The van der Waals surface area contributed by atoms with Crippen molar-refractivity contribution >= 4 is 26.3 Å². The minimum atomic E-state index is -5.21.